The van der Waals surface area contributed by atoms with Crippen LogP contribution in [0.15, 0.2) is 84.6 Å². The number of ether oxygens (including phenoxy) is 3. The number of cyclic esters (lactones) is 1. The van der Waals surface area contributed by atoms with Crippen molar-refractivity contribution < 1.29 is 19.0 Å². The van der Waals surface area contributed by atoms with Gasteiger partial charge in [-0.05, 0) is 54.1 Å². The molecule has 0 spiro atoms. The number of hydrogen-bond donors (Lipinski definition) is 1. The fourth-order valence-electron chi connectivity index (χ4n) is 3.91. The second-order valence-corrected chi connectivity index (χ2v) is 7.40. The van der Waals surface area contributed by atoms with E-state index in [-0.39, 0.29) is 5.97 Å². The van der Waals surface area contributed by atoms with E-state index in [0.29, 0.717) is 11.3 Å². The third-order valence-corrected chi connectivity index (χ3v) is 5.55. The third kappa shape index (κ3) is 3.44. The van der Waals surface area contributed by atoms with E-state index in [1.165, 1.54) is 0 Å². The Morgan fingerprint density at radius 2 is 1.50 bits per heavy atom. The van der Waals surface area contributed by atoms with E-state index in [2.05, 4.69) is 4.98 Å². The molecule has 0 unspecified atom stereocenters. The molecule has 4 aromatic rings. The van der Waals surface area contributed by atoms with Gasteiger partial charge >= 0.3 is 5.97 Å². The van der Waals surface area contributed by atoms with Gasteiger partial charge < -0.3 is 19.2 Å². The molecule has 2 heterocycles. The van der Waals surface area contributed by atoms with E-state index in [4.69, 9.17) is 14.2 Å². The number of hydrogen-bond acceptors (Lipinski definition) is 4. The Balaban J connectivity index is 1.72. The van der Waals surface area contributed by atoms with Crippen molar-refractivity contribution in [2.24, 2.45) is 0 Å². The van der Waals surface area contributed by atoms with Crippen LogP contribution in [0.5, 0.6) is 11.5 Å². The number of esters is 1. The molecule has 1 aliphatic rings. The van der Waals surface area contributed by atoms with Crippen LogP contribution in [0.1, 0.15) is 16.7 Å². The van der Waals surface area contributed by atoms with Crippen molar-refractivity contribution in [3.05, 3.63) is 101 Å². The number of para-hydroxylation sites is 1. The van der Waals surface area contributed by atoms with E-state index in [1.807, 2.05) is 85.1 Å². The molecule has 1 aromatic heterocycles. The molecular weight excluding hydrogens is 402 g/mol. The summed E-state index contributed by atoms with van der Waals surface area (Å²) in [6, 6.07) is 23.1. The number of methoxy groups -OCH3 is 2. The fourth-order valence-corrected chi connectivity index (χ4v) is 3.91. The summed E-state index contributed by atoms with van der Waals surface area (Å²) in [5.74, 6) is 1.64. The highest BCUT2D eigenvalue weighted by Gasteiger charge is 2.33. The summed E-state index contributed by atoms with van der Waals surface area (Å²) in [5, 5.41) is 1.02. The first-order valence-electron chi connectivity index (χ1n) is 10.2. The van der Waals surface area contributed by atoms with Crippen molar-refractivity contribution in [1.82, 2.24) is 4.98 Å². The maximum atomic E-state index is 13.1. The van der Waals surface area contributed by atoms with Crippen LogP contribution in [0.25, 0.3) is 28.3 Å². The van der Waals surface area contributed by atoms with Crippen molar-refractivity contribution in [1.29, 1.82) is 0 Å². The summed E-state index contributed by atoms with van der Waals surface area (Å²) in [6.07, 6.45) is 3.78. The lowest BCUT2D eigenvalue weighted by Crippen LogP contribution is -1.98. The molecule has 1 aliphatic heterocycles. The monoisotopic (exact) mass is 423 g/mol. The van der Waals surface area contributed by atoms with Crippen molar-refractivity contribution >= 4 is 34.3 Å². The first-order chi connectivity index (χ1) is 15.7. The van der Waals surface area contributed by atoms with E-state index in [9.17, 15) is 4.79 Å². The summed E-state index contributed by atoms with van der Waals surface area (Å²) < 4.78 is 16.4. The molecule has 0 fully saturated rings. The topological polar surface area (TPSA) is 60.6 Å². The Kier molecular flexibility index (Phi) is 5.00. The Hall–Kier alpha value is -4.25. The highest BCUT2D eigenvalue weighted by Crippen LogP contribution is 2.43. The van der Waals surface area contributed by atoms with Gasteiger partial charge in [0.05, 0.1) is 19.8 Å². The predicted octanol–water partition coefficient (Wildman–Crippen LogP) is 5.69. The Bertz CT molecular complexity index is 1360. The number of H-pyrrole nitrogens is 1. The fraction of sp³-hybridized carbons (Fsp3) is 0.0741. The summed E-state index contributed by atoms with van der Waals surface area (Å²) >= 11 is 0. The van der Waals surface area contributed by atoms with Gasteiger partial charge in [0.25, 0.3) is 0 Å². The summed E-state index contributed by atoms with van der Waals surface area (Å²) in [6.45, 7) is 0. The van der Waals surface area contributed by atoms with Gasteiger partial charge in [-0.2, -0.15) is 0 Å². The molecule has 32 heavy (non-hydrogen) atoms. The van der Waals surface area contributed by atoms with Gasteiger partial charge in [0.1, 0.15) is 17.3 Å². The summed E-state index contributed by atoms with van der Waals surface area (Å²) in [4.78, 5) is 16.4. The number of carbonyl (C=O) groups is 1. The maximum absolute atomic E-state index is 13.1. The number of carbonyl (C=O) groups excluding carboxylic acids is 1. The van der Waals surface area contributed by atoms with Crippen LogP contribution in [-0.4, -0.2) is 25.2 Å². The number of benzene rings is 3. The zero-order chi connectivity index (χ0) is 22.1. The smallest absolute Gasteiger partial charge is 0.344 e. The van der Waals surface area contributed by atoms with E-state index in [1.54, 1.807) is 14.2 Å². The highest BCUT2D eigenvalue weighted by atomic mass is 16.5. The Labute approximate surface area is 185 Å². The standard InChI is InChI=1S/C27H21NO4/c1-30-19-11-7-17(8-12-19)15-22-25(23-16-28-24-6-4-3-5-21(23)24)26(32-27(22)29)18-9-13-20(31-2)14-10-18/h3-16,28H,1-2H3. The molecule has 5 heteroatoms. The molecule has 0 atom stereocenters. The van der Waals surface area contributed by atoms with Gasteiger partial charge in [0, 0.05) is 33.8 Å². The van der Waals surface area contributed by atoms with Crippen molar-refractivity contribution in [2.75, 3.05) is 14.2 Å². The zero-order valence-corrected chi connectivity index (χ0v) is 17.7. The zero-order valence-electron chi connectivity index (χ0n) is 17.7. The highest BCUT2D eigenvalue weighted by molar-refractivity contribution is 6.24. The van der Waals surface area contributed by atoms with Crippen molar-refractivity contribution in [2.45, 2.75) is 0 Å². The van der Waals surface area contributed by atoms with E-state index in [0.717, 1.165) is 44.7 Å². The van der Waals surface area contributed by atoms with Gasteiger partial charge in [-0.15, -0.1) is 0 Å². The van der Waals surface area contributed by atoms with Crippen LogP contribution in [0.4, 0.5) is 0 Å². The number of aromatic nitrogens is 1. The minimum Gasteiger partial charge on any atom is -0.497 e. The van der Waals surface area contributed by atoms with Crippen LogP contribution in [-0.2, 0) is 9.53 Å². The third-order valence-electron chi connectivity index (χ3n) is 5.55. The molecule has 0 radical (unpaired) electrons. The van der Waals surface area contributed by atoms with E-state index < -0.39 is 0 Å². The maximum Gasteiger partial charge on any atom is 0.344 e. The minimum absolute atomic E-state index is 0.382. The molecule has 0 amide bonds. The average molecular weight is 423 g/mol. The molecule has 0 aliphatic carbocycles. The molecule has 0 saturated heterocycles. The average Bonchev–Trinajstić information content (AvgIpc) is 3.40. The first kappa shape index (κ1) is 19.7. The van der Waals surface area contributed by atoms with Gasteiger partial charge in [-0.3, -0.25) is 0 Å². The molecule has 5 rings (SSSR count). The second kappa shape index (κ2) is 8.12. The Morgan fingerprint density at radius 1 is 0.844 bits per heavy atom. The summed E-state index contributed by atoms with van der Waals surface area (Å²) in [7, 11) is 3.25. The SMILES string of the molecule is COc1ccc(C=C2C(=O)OC(c3ccc(OC)cc3)=C2c2c[nH]c3ccccc23)cc1. The molecule has 1 N–H and O–H groups in total. The number of nitrogens with one attached hydrogen (secondary N) is 1. The van der Waals surface area contributed by atoms with Gasteiger partial charge in [0.15, 0.2) is 0 Å². The van der Waals surface area contributed by atoms with Crippen LogP contribution < -0.4 is 9.47 Å². The molecule has 0 bridgehead atoms. The van der Waals surface area contributed by atoms with Crippen LogP contribution in [0, 0.1) is 0 Å². The lowest BCUT2D eigenvalue weighted by atomic mass is 9.94. The predicted molar refractivity (Wildman–Crippen MR) is 125 cm³/mol. The second-order valence-electron chi connectivity index (χ2n) is 7.40. The Morgan fingerprint density at radius 3 is 2.19 bits per heavy atom. The van der Waals surface area contributed by atoms with Crippen LogP contribution >= 0.6 is 0 Å². The van der Waals surface area contributed by atoms with Gasteiger partial charge in [0.2, 0.25) is 0 Å². The summed E-state index contributed by atoms with van der Waals surface area (Å²) in [5.41, 5.74) is 4.85. The first-order valence-corrected chi connectivity index (χ1v) is 10.2. The van der Waals surface area contributed by atoms with Crippen molar-refractivity contribution in [3.63, 3.8) is 0 Å². The molecule has 0 saturated carbocycles. The van der Waals surface area contributed by atoms with Crippen molar-refractivity contribution in [3.8, 4) is 11.5 Å². The largest absolute Gasteiger partial charge is 0.497 e. The number of fused-ring (bicyclic) bond motifs is 1. The normalized spacial score (nSPS) is 14.8. The lowest BCUT2D eigenvalue weighted by molar-refractivity contribution is -0.130. The minimum atomic E-state index is -0.382. The lowest BCUT2D eigenvalue weighted by Gasteiger charge is -2.07. The molecule has 5 nitrogen and oxygen atoms in total. The molecular formula is C27H21NO4. The number of aromatic amines is 1. The van der Waals surface area contributed by atoms with Gasteiger partial charge in [-0.25, -0.2) is 4.79 Å². The molecule has 3 aromatic carbocycles. The van der Waals surface area contributed by atoms with Crippen LogP contribution in [0.3, 0.4) is 0 Å². The quantitative estimate of drug-likeness (QED) is 0.331. The van der Waals surface area contributed by atoms with Crippen LogP contribution in [0.2, 0.25) is 0 Å². The molecule has 158 valence electrons. The number of rotatable bonds is 5. The van der Waals surface area contributed by atoms with E-state index >= 15 is 0 Å². The van der Waals surface area contributed by atoms with Gasteiger partial charge in [-0.1, -0.05) is 30.3 Å².